The van der Waals surface area contributed by atoms with Crippen LogP contribution in [0, 0.1) is 0 Å². The lowest BCUT2D eigenvalue weighted by Crippen LogP contribution is -2.62. The molecule has 2 fully saturated rings. The molecule has 2 saturated heterocycles. The van der Waals surface area contributed by atoms with Crippen LogP contribution in [0.5, 0.6) is 0 Å². The smallest absolute Gasteiger partial charge is 0.330 e. The molecule has 2 aliphatic rings. The number of hydrogen-bond donors (Lipinski definition) is 8. The molecule has 0 radical (unpaired) electrons. The van der Waals surface area contributed by atoms with Gasteiger partial charge in [-0.3, -0.25) is 4.79 Å². The molecule has 9 atom stereocenters. The van der Waals surface area contributed by atoms with E-state index in [0.717, 1.165) is 18.9 Å². The summed E-state index contributed by atoms with van der Waals surface area (Å²) in [7, 11) is 0. The predicted molar refractivity (Wildman–Crippen MR) is 151 cm³/mol. The van der Waals surface area contributed by atoms with Gasteiger partial charge < -0.3 is 59.8 Å². The summed E-state index contributed by atoms with van der Waals surface area (Å²) in [6.07, 6.45) is 2.17. The number of carbonyl (C=O) groups is 2. The summed E-state index contributed by atoms with van der Waals surface area (Å²) < 4.78 is 20.5. The molecule has 2 rings (SSSR count). The van der Waals surface area contributed by atoms with Crippen molar-refractivity contribution in [1.29, 1.82) is 0 Å². The number of esters is 1. The molecule has 0 aromatic carbocycles. The van der Waals surface area contributed by atoms with Crippen LogP contribution in [0.15, 0.2) is 12.7 Å². The zero-order valence-corrected chi connectivity index (χ0v) is 25.0. The zero-order valence-electron chi connectivity index (χ0n) is 25.0. The highest BCUT2D eigenvalue weighted by Crippen LogP contribution is 2.36. The average Bonchev–Trinajstić information content (AvgIpc) is 3.24. The molecule has 0 aliphatic carbocycles. The molecule has 2 aliphatic heterocycles. The van der Waals surface area contributed by atoms with Gasteiger partial charge in [0.2, 0.25) is 5.79 Å². The molecular formula is C29H52O14. The number of carbonyl (C=O) groups excluding carboxylic acids is 1. The molecule has 252 valence electrons. The van der Waals surface area contributed by atoms with Gasteiger partial charge in [-0.2, -0.15) is 0 Å². The highest BCUT2D eigenvalue weighted by Gasteiger charge is 2.58. The Balaban J connectivity index is 0.000000496. The van der Waals surface area contributed by atoms with E-state index in [-0.39, 0.29) is 0 Å². The number of aliphatic hydroxyl groups is 7. The summed E-state index contributed by atoms with van der Waals surface area (Å²) in [5.74, 6) is -3.75. The lowest BCUT2D eigenvalue weighted by molar-refractivity contribution is -0.383. The molecule has 2 heterocycles. The van der Waals surface area contributed by atoms with Gasteiger partial charge >= 0.3 is 11.9 Å². The number of carboxylic acid groups (broad SMARTS) is 1. The minimum absolute atomic E-state index is 0.344. The summed E-state index contributed by atoms with van der Waals surface area (Å²) in [5, 5.41) is 77.2. The molecule has 14 nitrogen and oxygen atoms in total. The second-order valence-electron chi connectivity index (χ2n) is 10.9. The van der Waals surface area contributed by atoms with E-state index in [4.69, 9.17) is 29.2 Å². The van der Waals surface area contributed by atoms with Crippen LogP contribution in [0.25, 0.3) is 0 Å². The fourth-order valence-electron chi connectivity index (χ4n) is 4.78. The molecule has 0 bridgehead atoms. The Morgan fingerprint density at radius 2 is 1.37 bits per heavy atom. The number of hydrogen-bond acceptors (Lipinski definition) is 13. The zero-order chi connectivity index (χ0) is 32.4. The first kappa shape index (κ1) is 39.3. The lowest BCUT2D eigenvalue weighted by Gasteiger charge is -2.43. The van der Waals surface area contributed by atoms with Crippen molar-refractivity contribution in [2.45, 2.75) is 139 Å². The SMILES string of the molecule is C=CC(=O)OC[C@H]1O[C@H](O[C@]2(CO)O[C@H](CO)[C@@H](O)[C@@H]2O)[C@H](O)[C@@H](O)[C@@H]1O.CCCCCCCCCCCCCC(=O)O. The maximum absolute atomic E-state index is 11.2. The van der Waals surface area contributed by atoms with E-state index in [1.165, 1.54) is 57.8 Å². The second-order valence-corrected chi connectivity index (χ2v) is 10.9. The van der Waals surface area contributed by atoms with E-state index >= 15 is 0 Å². The lowest BCUT2D eigenvalue weighted by atomic mass is 9.99. The molecule has 14 heteroatoms. The van der Waals surface area contributed by atoms with E-state index < -0.39 is 86.6 Å². The summed E-state index contributed by atoms with van der Waals surface area (Å²) in [6, 6.07) is 0. The number of aliphatic hydroxyl groups excluding tert-OH is 7. The fourth-order valence-corrected chi connectivity index (χ4v) is 4.78. The van der Waals surface area contributed by atoms with E-state index in [0.29, 0.717) is 6.42 Å². The van der Waals surface area contributed by atoms with Gasteiger partial charge in [-0.1, -0.05) is 77.7 Å². The molecule has 0 saturated carbocycles. The summed E-state index contributed by atoms with van der Waals surface area (Å²) >= 11 is 0. The Bertz CT molecular complexity index is 797. The quantitative estimate of drug-likeness (QED) is 0.0542. The van der Waals surface area contributed by atoms with Crippen LogP contribution in [-0.4, -0.2) is 127 Å². The molecule has 0 aromatic rings. The van der Waals surface area contributed by atoms with Gasteiger partial charge in [-0.15, -0.1) is 0 Å². The van der Waals surface area contributed by atoms with Crippen molar-refractivity contribution in [1.82, 2.24) is 0 Å². The van der Waals surface area contributed by atoms with Gasteiger partial charge in [0, 0.05) is 12.5 Å². The van der Waals surface area contributed by atoms with Gasteiger partial charge in [-0.05, 0) is 6.42 Å². The van der Waals surface area contributed by atoms with Crippen LogP contribution in [0.3, 0.4) is 0 Å². The summed E-state index contributed by atoms with van der Waals surface area (Å²) in [6.45, 7) is 3.23. The third-order valence-electron chi connectivity index (χ3n) is 7.44. The Hall–Kier alpha value is -1.72. The van der Waals surface area contributed by atoms with Gasteiger partial charge in [0.25, 0.3) is 0 Å². The van der Waals surface area contributed by atoms with Crippen molar-refractivity contribution in [2.75, 3.05) is 19.8 Å². The first-order chi connectivity index (χ1) is 20.5. The van der Waals surface area contributed by atoms with Crippen LogP contribution < -0.4 is 0 Å². The molecule has 43 heavy (non-hydrogen) atoms. The maximum Gasteiger partial charge on any atom is 0.330 e. The fraction of sp³-hybridized carbons (Fsp3) is 0.862. The minimum atomic E-state index is -2.27. The van der Waals surface area contributed by atoms with Crippen molar-refractivity contribution in [3.8, 4) is 0 Å². The summed E-state index contributed by atoms with van der Waals surface area (Å²) in [4.78, 5) is 21.4. The highest BCUT2D eigenvalue weighted by atomic mass is 16.8. The second kappa shape index (κ2) is 21.1. The average molecular weight is 625 g/mol. The Morgan fingerprint density at radius 3 is 1.84 bits per heavy atom. The van der Waals surface area contributed by atoms with Crippen LogP contribution >= 0.6 is 0 Å². The monoisotopic (exact) mass is 624 g/mol. The molecule has 0 amide bonds. The van der Waals surface area contributed by atoms with Crippen molar-refractivity contribution in [3.63, 3.8) is 0 Å². The number of aliphatic carboxylic acids is 1. The first-order valence-electron chi connectivity index (χ1n) is 15.1. The Kier molecular flexibility index (Phi) is 19.3. The number of ether oxygens (including phenoxy) is 4. The Morgan fingerprint density at radius 1 is 0.814 bits per heavy atom. The van der Waals surface area contributed by atoms with Crippen molar-refractivity contribution >= 4 is 11.9 Å². The largest absolute Gasteiger partial charge is 0.481 e. The number of unbranched alkanes of at least 4 members (excludes halogenated alkanes) is 10. The standard InChI is InChI=1S/C15H24O12.C14H28O2/c1-2-8(18)24-4-7-9(19)11(21)12(22)14(25-7)27-15(5-17)13(23)10(20)6(3-16)26-15;1-2-3-4-5-6-7-8-9-10-11-12-13-14(15)16/h2,6-7,9-14,16-17,19-23H,1,3-5H2;2-13H2,1H3,(H,15,16)/t6-,7-,9-,10-,11+,12-,13+,14-,15+;/m1./s1. The molecule has 0 unspecified atom stereocenters. The van der Waals surface area contributed by atoms with Crippen molar-refractivity contribution in [3.05, 3.63) is 12.7 Å². The van der Waals surface area contributed by atoms with E-state index in [9.17, 15) is 40.2 Å². The molecule has 0 aromatic heterocycles. The van der Waals surface area contributed by atoms with Crippen molar-refractivity contribution in [2.24, 2.45) is 0 Å². The maximum atomic E-state index is 11.2. The van der Waals surface area contributed by atoms with Gasteiger partial charge in [0.15, 0.2) is 6.29 Å². The normalized spacial score (nSPS) is 32.1. The van der Waals surface area contributed by atoms with E-state index in [1.54, 1.807) is 0 Å². The van der Waals surface area contributed by atoms with E-state index in [1.807, 2.05) is 0 Å². The third-order valence-corrected chi connectivity index (χ3v) is 7.44. The molecule has 8 N–H and O–H groups in total. The third kappa shape index (κ3) is 13.0. The number of carboxylic acids is 1. The van der Waals surface area contributed by atoms with Crippen LogP contribution in [-0.2, 0) is 28.5 Å². The van der Waals surface area contributed by atoms with Gasteiger partial charge in [0.1, 0.15) is 55.9 Å². The van der Waals surface area contributed by atoms with Crippen LogP contribution in [0.1, 0.15) is 84.0 Å². The van der Waals surface area contributed by atoms with Gasteiger partial charge in [0.05, 0.1) is 6.61 Å². The topological polar surface area (TPSA) is 233 Å². The van der Waals surface area contributed by atoms with Crippen molar-refractivity contribution < 1.29 is 69.4 Å². The van der Waals surface area contributed by atoms with Gasteiger partial charge in [-0.25, -0.2) is 4.79 Å². The highest BCUT2D eigenvalue weighted by molar-refractivity contribution is 5.81. The van der Waals surface area contributed by atoms with Crippen LogP contribution in [0.2, 0.25) is 0 Å². The van der Waals surface area contributed by atoms with Crippen LogP contribution in [0.4, 0.5) is 0 Å². The Labute approximate surface area is 252 Å². The predicted octanol–water partition coefficient (Wildman–Crippen LogP) is 0.113. The summed E-state index contributed by atoms with van der Waals surface area (Å²) in [5.41, 5.74) is 0. The molecule has 0 spiro atoms. The number of rotatable bonds is 19. The van der Waals surface area contributed by atoms with E-state index in [2.05, 4.69) is 13.5 Å². The molecular weight excluding hydrogens is 572 g/mol. The first-order valence-corrected chi connectivity index (χ1v) is 15.1. The minimum Gasteiger partial charge on any atom is -0.481 e.